The van der Waals surface area contributed by atoms with Crippen LogP contribution in [-0.2, 0) is 14.8 Å². The fourth-order valence-electron chi connectivity index (χ4n) is 1.88. The van der Waals surface area contributed by atoms with E-state index in [9.17, 15) is 8.42 Å². The predicted octanol–water partition coefficient (Wildman–Crippen LogP) is 0.529. The Labute approximate surface area is 126 Å². The van der Waals surface area contributed by atoms with Crippen molar-refractivity contribution < 1.29 is 13.2 Å². The molecular formula is C11H15N5O3S2. The number of imidazole rings is 1. The van der Waals surface area contributed by atoms with Crippen molar-refractivity contribution in [2.75, 3.05) is 32.5 Å². The molecule has 0 radical (unpaired) electrons. The molecule has 0 aliphatic heterocycles. The van der Waals surface area contributed by atoms with Gasteiger partial charge in [0, 0.05) is 38.2 Å². The van der Waals surface area contributed by atoms with E-state index in [1.807, 2.05) is 6.07 Å². The lowest BCUT2D eigenvalue weighted by Gasteiger charge is -2.20. The summed E-state index contributed by atoms with van der Waals surface area (Å²) in [4.78, 5) is 4.55. The summed E-state index contributed by atoms with van der Waals surface area (Å²) in [6.07, 6.45) is 1.70. The number of nitrogens with zero attached hydrogens (tertiary/aromatic N) is 4. The second-order valence-electron chi connectivity index (χ2n) is 4.16. The van der Waals surface area contributed by atoms with Gasteiger partial charge in [-0.1, -0.05) is 0 Å². The van der Waals surface area contributed by atoms with E-state index >= 15 is 0 Å². The Morgan fingerprint density at radius 2 is 2.33 bits per heavy atom. The maximum Gasteiger partial charge on any atom is 0.263 e. The third-order valence-corrected chi connectivity index (χ3v) is 5.54. The lowest BCUT2D eigenvalue weighted by Crippen LogP contribution is -2.35. The molecule has 0 aromatic carbocycles. The molecule has 0 saturated carbocycles. The minimum Gasteiger partial charge on any atom is -0.383 e. The number of anilines is 1. The number of nitrogen functional groups attached to an aromatic ring is 1. The highest BCUT2D eigenvalue weighted by Crippen LogP contribution is 2.26. The first-order valence-electron chi connectivity index (χ1n) is 6.09. The van der Waals surface area contributed by atoms with Gasteiger partial charge in [-0.3, -0.25) is 4.40 Å². The Bertz CT molecular complexity index is 758. The monoisotopic (exact) mass is 329 g/mol. The van der Waals surface area contributed by atoms with Crippen LogP contribution in [-0.4, -0.2) is 48.9 Å². The number of methoxy groups -OCH3 is 1. The number of nitriles is 1. The van der Waals surface area contributed by atoms with Gasteiger partial charge in [0.25, 0.3) is 10.0 Å². The van der Waals surface area contributed by atoms with Gasteiger partial charge in [-0.2, -0.15) is 9.57 Å². The molecule has 0 spiro atoms. The van der Waals surface area contributed by atoms with Crippen LogP contribution < -0.4 is 5.73 Å². The molecule has 0 bridgehead atoms. The Hall–Kier alpha value is -1.67. The molecule has 0 aliphatic carbocycles. The highest BCUT2D eigenvalue weighted by atomic mass is 32.2. The first-order chi connectivity index (χ1) is 10.0. The van der Waals surface area contributed by atoms with Gasteiger partial charge in [0.15, 0.2) is 15.8 Å². The Morgan fingerprint density at radius 1 is 1.57 bits per heavy atom. The zero-order valence-electron chi connectivity index (χ0n) is 11.4. The number of rotatable bonds is 7. The van der Waals surface area contributed by atoms with Crippen LogP contribution in [0.3, 0.4) is 0 Å². The van der Waals surface area contributed by atoms with Crippen LogP contribution in [0, 0.1) is 11.3 Å². The topological polar surface area (TPSA) is 114 Å². The van der Waals surface area contributed by atoms with Crippen LogP contribution in [0.25, 0.3) is 4.96 Å². The molecule has 21 heavy (non-hydrogen) atoms. The largest absolute Gasteiger partial charge is 0.383 e. The quantitative estimate of drug-likeness (QED) is 0.792. The van der Waals surface area contributed by atoms with E-state index in [2.05, 4.69) is 4.98 Å². The standard InChI is InChI=1S/C11H15N5O3S2/c1-19-7-5-15(4-2-3-12)21(17,18)10-9(13)14-11-16(10)6-8-20-11/h6,8H,2,4-5,7,13H2,1H3. The van der Waals surface area contributed by atoms with Gasteiger partial charge in [0.1, 0.15) is 0 Å². The summed E-state index contributed by atoms with van der Waals surface area (Å²) < 4.78 is 33.1. The zero-order chi connectivity index (χ0) is 15.5. The number of nitrogens with two attached hydrogens (primary N) is 1. The molecule has 0 unspecified atom stereocenters. The second-order valence-corrected chi connectivity index (χ2v) is 6.89. The van der Waals surface area contributed by atoms with Crippen molar-refractivity contribution in [1.29, 1.82) is 5.26 Å². The summed E-state index contributed by atoms with van der Waals surface area (Å²) in [5.41, 5.74) is 5.75. The van der Waals surface area contributed by atoms with Crippen molar-refractivity contribution in [3.05, 3.63) is 11.6 Å². The summed E-state index contributed by atoms with van der Waals surface area (Å²) >= 11 is 1.30. The predicted molar refractivity (Wildman–Crippen MR) is 78.3 cm³/mol. The Kier molecular flexibility index (Phi) is 4.79. The van der Waals surface area contributed by atoms with E-state index in [0.717, 1.165) is 0 Å². The van der Waals surface area contributed by atoms with Gasteiger partial charge in [0.05, 0.1) is 12.7 Å². The SMILES string of the molecule is COCCN(CCC#N)S(=O)(=O)c1c(N)nc2sccn12. The minimum atomic E-state index is -3.85. The molecule has 2 aromatic rings. The first kappa shape index (κ1) is 15.7. The number of hydrogen-bond donors (Lipinski definition) is 1. The van der Waals surface area contributed by atoms with Crippen molar-refractivity contribution in [3.8, 4) is 6.07 Å². The molecule has 0 fully saturated rings. The molecule has 0 saturated heterocycles. The molecular weight excluding hydrogens is 314 g/mol. The van der Waals surface area contributed by atoms with Gasteiger partial charge in [-0.05, 0) is 0 Å². The van der Waals surface area contributed by atoms with Gasteiger partial charge in [-0.15, -0.1) is 11.3 Å². The minimum absolute atomic E-state index is 0.0405. The summed E-state index contributed by atoms with van der Waals surface area (Å²) in [6, 6.07) is 1.94. The van der Waals surface area contributed by atoms with Crippen LogP contribution in [0.2, 0.25) is 0 Å². The van der Waals surface area contributed by atoms with Crippen molar-refractivity contribution in [3.63, 3.8) is 0 Å². The summed E-state index contributed by atoms with van der Waals surface area (Å²) in [5.74, 6) is -0.0405. The van der Waals surface area contributed by atoms with Crippen LogP contribution >= 0.6 is 11.3 Å². The molecule has 10 heteroatoms. The van der Waals surface area contributed by atoms with E-state index in [0.29, 0.717) is 4.96 Å². The molecule has 2 aromatic heterocycles. The fraction of sp³-hybridized carbons (Fsp3) is 0.455. The number of aromatic nitrogens is 2. The van der Waals surface area contributed by atoms with Crippen molar-refractivity contribution in [2.45, 2.75) is 11.4 Å². The Balaban J connectivity index is 2.43. The molecule has 8 nitrogen and oxygen atoms in total. The lowest BCUT2D eigenvalue weighted by atomic mass is 10.4. The van der Waals surface area contributed by atoms with Gasteiger partial charge in [-0.25, -0.2) is 13.4 Å². The second kappa shape index (κ2) is 6.40. The normalized spacial score (nSPS) is 12.0. The number of ether oxygens (including phenoxy) is 1. The number of hydrogen-bond acceptors (Lipinski definition) is 7. The van der Waals surface area contributed by atoms with Crippen LogP contribution in [0.15, 0.2) is 16.6 Å². The molecule has 0 atom stereocenters. The number of fused-ring (bicyclic) bond motifs is 1. The van der Waals surface area contributed by atoms with Crippen molar-refractivity contribution >= 4 is 32.1 Å². The van der Waals surface area contributed by atoms with E-state index in [-0.39, 0.29) is 37.0 Å². The summed E-state index contributed by atoms with van der Waals surface area (Å²) in [7, 11) is -2.36. The third-order valence-electron chi connectivity index (χ3n) is 2.85. The maximum absolute atomic E-state index is 12.8. The average Bonchev–Trinajstić information content (AvgIpc) is 2.97. The highest BCUT2D eigenvalue weighted by Gasteiger charge is 2.30. The van der Waals surface area contributed by atoms with Gasteiger partial charge in [0.2, 0.25) is 0 Å². The molecule has 0 aliphatic rings. The highest BCUT2D eigenvalue weighted by molar-refractivity contribution is 7.89. The van der Waals surface area contributed by atoms with Gasteiger partial charge >= 0.3 is 0 Å². The summed E-state index contributed by atoms with van der Waals surface area (Å²) in [5, 5.41) is 10.4. The fourth-order valence-corrected chi connectivity index (χ4v) is 4.26. The first-order valence-corrected chi connectivity index (χ1v) is 8.41. The molecule has 2 N–H and O–H groups in total. The van der Waals surface area contributed by atoms with Gasteiger partial charge < -0.3 is 10.5 Å². The maximum atomic E-state index is 12.8. The van der Waals surface area contributed by atoms with E-state index in [1.54, 1.807) is 11.6 Å². The Morgan fingerprint density at radius 3 is 3.00 bits per heavy atom. The van der Waals surface area contributed by atoms with E-state index in [1.165, 1.54) is 27.2 Å². The average molecular weight is 329 g/mol. The van der Waals surface area contributed by atoms with E-state index in [4.69, 9.17) is 15.7 Å². The van der Waals surface area contributed by atoms with Crippen molar-refractivity contribution in [1.82, 2.24) is 13.7 Å². The van der Waals surface area contributed by atoms with Crippen LogP contribution in [0.1, 0.15) is 6.42 Å². The summed E-state index contributed by atoms with van der Waals surface area (Å²) in [6.45, 7) is 0.465. The number of thiazole rings is 1. The third kappa shape index (κ3) is 3.01. The van der Waals surface area contributed by atoms with Crippen LogP contribution in [0.5, 0.6) is 0 Å². The molecule has 2 rings (SSSR count). The van der Waals surface area contributed by atoms with E-state index < -0.39 is 10.0 Å². The number of sulfonamides is 1. The molecule has 114 valence electrons. The van der Waals surface area contributed by atoms with Crippen molar-refractivity contribution in [2.24, 2.45) is 0 Å². The zero-order valence-corrected chi connectivity index (χ0v) is 13.0. The molecule has 0 amide bonds. The smallest absolute Gasteiger partial charge is 0.263 e. The molecule has 2 heterocycles. The van der Waals surface area contributed by atoms with Crippen LogP contribution in [0.4, 0.5) is 5.82 Å². The lowest BCUT2D eigenvalue weighted by molar-refractivity contribution is 0.179.